The molecule has 1 amide bonds. The average Bonchev–Trinajstić information content (AvgIpc) is 2.40. The molecule has 0 saturated heterocycles. The maximum Gasteiger partial charge on any atom is 0.331 e. The van der Waals surface area contributed by atoms with E-state index in [-0.39, 0.29) is 5.91 Å². The van der Waals surface area contributed by atoms with Gasteiger partial charge in [0.15, 0.2) is 0 Å². The third kappa shape index (κ3) is 3.38. The van der Waals surface area contributed by atoms with E-state index in [0.717, 1.165) is 17.5 Å². The zero-order valence-electron chi connectivity index (χ0n) is 12.9. The van der Waals surface area contributed by atoms with Gasteiger partial charge < -0.3 is 10.1 Å². The highest BCUT2D eigenvalue weighted by Crippen LogP contribution is 2.18. The van der Waals surface area contributed by atoms with Crippen molar-refractivity contribution >= 4 is 11.9 Å². The Hall–Kier alpha value is -1.84. The lowest BCUT2D eigenvalue weighted by Gasteiger charge is -2.28. The third-order valence-corrected chi connectivity index (χ3v) is 3.62. The van der Waals surface area contributed by atoms with Crippen molar-refractivity contribution in [1.82, 2.24) is 5.32 Å². The summed E-state index contributed by atoms with van der Waals surface area (Å²) in [7, 11) is 1.33. The van der Waals surface area contributed by atoms with Crippen LogP contribution < -0.4 is 5.32 Å². The van der Waals surface area contributed by atoms with Crippen molar-refractivity contribution in [2.75, 3.05) is 7.11 Å². The number of esters is 1. The number of benzene rings is 1. The molecule has 1 unspecified atom stereocenters. The third-order valence-electron chi connectivity index (χ3n) is 3.62. The van der Waals surface area contributed by atoms with Crippen molar-refractivity contribution in [3.8, 4) is 0 Å². The molecular formula is C16H23NO3. The molecule has 20 heavy (non-hydrogen) atoms. The second-order valence-corrected chi connectivity index (χ2v) is 5.28. The lowest BCUT2D eigenvalue weighted by molar-refractivity contribution is -0.147. The molecule has 0 heterocycles. The van der Waals surface area contributed by atoms with E-state index in [2.05, 4.69) is 5.32 Å². The van der Waals surface area contributed by atoms with Gasteiger partial charge in [-0.3, -0.25) is 4.79 Å². The maximum absolute atomic E-state index is 12.4. The number of hydrogen-bond acceptors (Lipinski definition) is 3. The fourth-order valence-corrected chi connectivity index (χ4v) is 2.26. The Morgan fingerprint density at radius 3 is 2.50 bits per heavy atom. The molecule has 0 aliphatic heterocycles. The van der Waals surface area contributed by atoms with Gasteiger partial charge in [0.25, 0.3) is 5.91 Å². The topological polar surface area (TPSA) is 55.4 Å². The molecular weight excluding hydrogens is 254 g/mol. The van der Waals surface area contributed by atoms with E-state index < -0.39 is 11.5 Å². The number of nitrogens with one attached hydrogen (secondary N) is 1. The van der Waals surface area contributed by atoms with Gasteiger partial charge in [0.2, 0.25) is 0 Å². The Morgan fingerprint density at radius 1 is 1.30 bits per heavy atom. The van der Waals surface area contributed by atoms with E-state index in [4.69, 9.17) is 4.74 Å². The quantitative estimate of drug-likeness (QED) is 0.842. The summed E-state index contributed by atoms with van der Waals surface area (Å²) in [5.41, 5.74) is 1.58. The highest BCUT2D eigenvalue weighted by Gasteiger charge is 2.35. The predicted molar refractivity (Wildman–Crippen MR) is 78.7 cm³/mol. The largest absolute Gasteiger partial charge is 0.467 e. The smallest absolute Gasteiger partial charge is 0.331 e. The minimum absolute atomic E-state index is 0.243. The Labute approximate surface area is 120 Å². The van der Waals surface area contributed by atoms with Crippen molar-refractivity contribution in [2.45, 2.75) is 46.1 Å². The molecule has 0 aliphatic rings. The fraction of sp³-hybridized carbons (Fsp3) is 0.500. The maximum atomic E-state index is 12.4. The van der Waals surface area contributed by atoms with Crippen LogP contribution in [0.4, 0.5) is 0 Å². The van der Waals surface area contributed by atoms with Crippen LogP contribution in [0.25, 0.3) is 0 Å². The van der Waals surface area contributed by atoms with Crippen molar-refractivity contribution < 1.29 is 14.3 Å². The average molecular weight is 277 g/mol. The normalized spacial score (nSPS) is 13.4. The van der Waals surface area contributed by atoms with Crippen LogP contribution in [0, 0.1) is 13.8 Å². The summed E-state index contributed by atoms with van der Waals surface area (Å²) in [4.78, 5) is 24.3. The zero-order chi connectivity index (χ0) is 15.3. The molecule has 0 radical (unpaired) electrons. The van der Waals surface area contributed by atoms with Gasteiger partial charge in [-0.05, 0) is 44.4 Å². The predicted octanol–water partition coefficient (Wildman–Crippen LogP) is 2.77. The molecule has 1 rings (SSSR count). The first-order valence-electron chi connectivity index (χ1n) is 6.83. The van der Waals surface area contributed by atoms with Crippen LogP contribution in [0.2, 0.25) is 0 Å². The van der Waals surface area contributed by atoms with E-state index in [1.165, 1.54) is 7.11 Å². The standard InChI is InChI=1S/C16H23NO3/c1-6-10-16(4,15(19)20-5)17-14(18)13-9-7-8-11(2)12(13)3/h7-9H,6,10H2,1-5H3,(H,17,18). The van der Waals surface area contributed by atoms with Crippen LogP contribution in [0.1, 0.15) is 48.2 Å². The minimum Gasteiger partial charge on any atom is -0.467 e. The second-order valence-electron chi connectivity index (χ2n) is 5.28. The number of ether oxygens (including phenoxy) is 1. The van der Waals surface area contributed by atoms with Crippen LogP contribution >= 0.6 is 0 Å². The van der Waals surface area contributed by atoms with Gasteiger partial charge in [0.1, 0.15) is 5.54 Å². The molecule has 4 heteroatoms. The summed E-state index contributed by atoms with van der Waals surface area (Å²) < 4.78 is 4.80. The molecule has 0 aliphatic carbocycles. The van der Waals surface area contributed by atoms with E-state index in [1.807, 2.05) is 32.9 Å². The summed E-state index contributed by atoms with van der Waals surface area (Å²) in [5.74, 6) is -0.662. The van der Waals surface area contributed by atoms with Crippen molar-refractivity contribution in [3.05, 3.63) is 34.9 Å². The Bertz CT molecular complexity index is 510. The fourth-order valence-electron chi connectivity index (χ4n) is 2.26. The number of carbonyl (C=O) groups is 2. The lowest BCUT2D eigenvalue weighted by atomic mass is 9.94. The SMILES string of the molecule is CCCC(C)(NC(=O)c1cccc(C)c1C)C(=O)OC. The van der Waals surface area contributed by atoms with E-state index in [0.29, 0.717) is 12.0 Å². The van der Waals surface area contributed by atoms with Gasteiger partial charge in [-0.2, -0.15) is 0 Å². The molecule has 0 saturated carbocycles. The first-order chi connectivity index (χ1) is 9.35. The molecule has 1 atom stereocenters. The van der Waals surface area contributed by atoms with Crippen molar-refractivity contribution in [1.29, 1.82) is 0 Å². The molecule has 4 nitrogen and oxygen atoms in total. The highest BCUT2D eigenvalue weighted by atomic mass is 16.5. The summed E-state index contributed by atoms with van der Waals surface area (Å²) in [5, 5.41) is 2.82. The summed E-state index contributed by atoms with van der Waals surface area (Å²) >= 11 is 0. The number of rotatable bonds is 5. The Morgan fingerprint density at radius 2 is 1.95 bits per heavy atom. The molecule has 1 aromatic carbocycles. The number of aryl methyl sites for hydroxylation is 1. The number of amides is 1. The van der Waals surface area contributed by atoms with E-state index in [9.17, 15) is 9.59 Å². The van der Waals surface area contributed by atoms with Crippen LogP contribution in [0.3, 0.4) is 0 Å². The second kappa shape index (κ2) is 6.55. The van der Waals surface area contributed by atoms with Gasteiger partial charge in [-0.1, -0.05) is 25.5 Å². The van der Waals surface area contributed by atoms with Crippen LogP contribution in [0.15, 0.2) is 18.2 Å². The van der Waals surface area contributed by atoms with Gasteiger partial charge in [-0.15, -0.1) is 0 Å². The number of hydrogen-bond donors (Lipinski definition) is 1. The van der Waals surface area contributed by atoms with E-state index >= 15 is 0 Å². The van der Waals surface area contributed by atoms with Crippen molar-refractivity contribution in [3.63, 3.8) is 0 Å². The monoisotopic (exact) mass is 277 g/mol. The Kier molecular flexibility index (Phi) is 5.31. The van der Waals surface area contributed by atoms with Gasteiger partial charge in [0.05, 0.1) is 7.11 Å². The zero-order valence-corrected chi connectivity index (χ0v) is 12.9. The van der Waals surface area contributed by atoms with Crippen LogP contribution in [-0.2, 0) is 9.53 Å². The summed E-state index contributed by atoms with van der Waals surface area (Å²) in [6, 6.07) is 5.56. The summed E-state index contributed by atoms with van der Waals surface area (Å²) in [6.07, 6.45) is 1.31. The number of methoxy groups -OCH3 is 1. The molecule has 110 valence electrons. The molecule has 0 spiro atoms. The first kappa shape index (κ1) is 16.2. The summed E-state index contributed by atoms with van der Waals surface area (Å²) in [6.45, 7) is 7.52. The van der Waals surface area contributed by atoms with E-state index in [1.54, 1.807) is 13.0 Å². The molecule has 0 bridgehead atoms. The van der Waals surface area contributed by atoms with Gasteiger partial charge in [0, 0.05) is 5.56 Å². The first-order valence-corrected chi connectivity index (χ1v) is 6.83. The molecule has 1 N–H and O–H groups in total. The van der Waals surface area contributed by atoms with Crippen LogP contribution in [0.5, 0.6) is 0 Å². The Balaban J connectivity index is 3.03. The van der Waals surface area contributed by atoms with Crippen LogP contribution in [-0.4, -0.2) is 24.5 Å². The van der Waals surface area contributed by atoms with Gasteiger partial charge >= 0.3 is 5.97 Å². The van der Waals surface area contributed by atoms with Crippen molar-refractivity contribution in [2.24, 2.45) is 0 Å². The molecule has 1 aromatic rings. The van der Waals surface area contributed by atoms with Gasteiger partial charge in [-0.25, -0.2) is 4.79 Å². The highest BCUT2D eigenvalue weighted by molar-refractivity contribution is 5.99. The lowest BCUT2D eigenvalue weighted by Crippen LogP contribution is -2.52. The minimum atomic E-state index is -0.989. The molecule has 0 fully saturated rings. The number of carbonyl (C=O) groups excluding carboxylic acids is 2. The molecule has 0 aromatic heterocycles.